The van der Waals surface area contributed by atoms with Gasteiger partial charge in [-0.1, -0.05) is 11.6 Å². The van der Waals surface area contributed by atoms with E-state index in [0.717, 1.165) is 32.5 Å². The van der Waals surface area contributed by atoms with Crippen LogP contribution in [0.5, 0.6) is 5.75 Å². The quantitative estimate of drug-likeness (QED) is 0.490. The number of nitrogen functional groups attached to an aromatic ring is 1. The standard InChI is InChI=1S/C24H31ClN6O3.H2O/c1-30(23-16(14-26)6-4-8-28-23)9-5-10-31-11-7-20(22(15-31)34-3)29-24(32)17-12-18(25)19(27)13-21(17)33-2;/h4,6,8,12-13,20,22H,5,7,9-11,15,27H2,1-3H3,(H,29,32);1H2. The van der Waals surface area contributed by atoms with E-state index >= 15 is 0 Å². The van der Waals surface area contributed by atoms with Gasteiger partial charge in [-0.2, -0.15) is 5.26 Å². The molecule has 0 bridgehead atoms. The number of carbonyl (C=O) groups is 1. The molecule has 2 unspecified atom stereocenters. The predicted octanol–water partition coefficient (Wildman–Crippen LogP) is 1.72. The van der Waals surface area contributed by atoms with Crippen LogP contribution in [0, 0.1) is 11.3 Å². The van der Waals surface area contributed by atoms with Crippen molar-refractivity contribution in [3.8, 4) is 11.8 Å². The van der Waals surface area contributed by atoms with Crippen molar-refractivity contribution in [2.24, 2.45) is 0 Å². The molecule has 0 spiro atoms. The molecule has 1 aromatic carbocycles. The Hall–Kier alpha value is -3.10. The van der Waals surface area contributed by atoms with E-state index in [2.05, 4.69) is 21.3 Å². The first kappa shape index (κ1) is 28.1. The Morgan fingerprint density at radius 1 is 1.43 bits per heavy atom. The number of hydrogen-bond donors (Lipinski definition) is 2. The van der Waals surface area contributed by atoms with Crippen molar-refractivity contribution in [3.05, 3.63) is 46.6 Å². The van der Waals surface area contributed by atoms with Crippen LogP contribution in [-0.2, 0) is 4.74 Å². The zero-order chi connectivity index (χ0) is 24.7. The Labute approximate surface area is 210 Å². The van der Waals surface area contributed by atoms with Gasteiger partial charge in [0.1, 0.15) is 17.6 Å². The average Bonchev–Trinajstić information content (AvgIpc) is 2.85. The summed E-state index contributed by atoms with van der Waals surface area (Å²) in [7, 11) is 5.09. The number of nitriles is 1. The van der Waals surface area contributed by atoms with Crippen molar-refractivity contribution in [1.29, 1.82) is 5.26 Å². The summed E-state index contributed by atoms with van der Waals surface area (Å²) in [5.74, 6) is 0.798. The lowest BCUT2D eigenvalue weighted by Crippen LogP contribution is -2.55. The molecule has 1 aromatic heterocycles. The molecule has 0 aliphatic carbocycles. The summed E-state index contributed by atoms with van der Waals surface area (Å²) in [6, 6.07) is 8.67. The molecule has 2 heterocycles. The maximum atomic E-state index is 12.9. The fourth-order valence-electron chi connectivity index (χ4n) is 4.17. The first-order valence-electron chi connectivity index (χ1n) is 11.1. The minimum atomic E-state index is -0.274. The van der Waals surface area contributed by atoms with Gasteiger partial charge in [0.05, 0.1) is 41.1 Å². The zero-order valence-corrected chi connectivity index (χ0v) is 21.0. The van der Waals surface area contributed by atoms with E-state index in [1.54, 1.807) is 31.5 Å². The Bertz CT molecular complexity index is 1050. The Kier molecular flexibility index (Phi) is 10.5. The molecule has 1 amide bonds. The number of nitrogens with two attached hydrogens (primary N) is 1. The number of likely N-dealkylation sites (tertiary alicyclic amines) is 1. The number of rotatable bonds is 9. The summed E-state index contributed by atoms with van der Waals surface area (Å²) in [6.45, 7) is 3.19. The first-order valence-corrected chi connectivity index (χ1v) is 11.5. The maximum Gasteiger partial charge on any atom is 0.255 e. The molecule has 3 rings (SSSR count). The fraction of sp³-hybridized carbons (Fsp3) is 0.458. The second kappa shape index (κ2) is 13.1. The number of hydrogen-bond acceptors (Lipinski definition) is 8. The van der Waals surface area contributed by atoms with Crippen LogP contribution in [0.3, 0.4) is 0 Å². The third-order valence-electron chi connectivity index (χ3n) is 6.06. The number of pyridine rings is 1. The SMILES string of the molecule is COc1cc(N)c(Cl)cc1C(=O)NC1CCN(CCCN(C)c2ncccc2C#N)CC1OC.O. The highest BCUT2D eigenvalue weighted by atomic mass is 35.5. The van der Waals surface area contributed by atoms with Crippen LogP contribution in [0.2, 0.25) is 5.02 Å². The molecule has 5 N–H and O–H groups in total. The van der Waals surface area contributed by atoms with Crippen molar-refractivity contribution < 1.29 is 19.7 Å². The molecule has 0 radical (unpaired) electrons. The van der Waals surface area contributed by atoms with Gasteiger partial charge < -0.3 is 35.8 Å². The number of nitrogens with zero attached hydrogens (tertiary/aromatic N) is 4. The van der Waals surface area contributed by atoms with E-state index in [1.807, 2.05) is 11.9 Å². The van der Waals surface area contributed by atoms with Crippen LogP contribution in [0.15, 0.2) is 30.5 Å². The van der Waals surface area contributed by atoms with E-state index in [0.29, 0.717) is 39.9 Å². The van der Waals surface area contributed by atoms with E-state index in [9.17, 15) is 10.1 Å². The topological polar surface area (TPSA) is 148 Å². The van der Waals surface area contributed by atoms with E-state index in [-0.39, 0.29) is 23.5 Å². The lowest BCUT2D eigenvalue weighted by molar-refractivity contribution is 0.00629. The Balaban J connectivity index is 0.00000432. The second-order valence-corrected chi connectivity index (χ2v) is 8.69. The highest BCUT2D eigenvalue weighted by molar-refractivity contribution is 6.33. The van der Waals surface area contributed by atoms with Crippen LogP contribution in [-0.4, -0.2) is 80.9 Å². The van der Waals surface area contributed by atoms with Crippen molar-refractivity contribution in [2.75, 3.05) is 58.1 Å². The molecule has 2 aromatic rings. The molecule has 10 nitrogen and oxygen atoms in total. The van der Waals surface area contributed by atoms with Crippen LogP contribution in [0.25, 0.3) is 0 Å². The summed E-state index contributed by atoms with van der Waals surface area (Å²) in [4.78, 5) is 21.6. The number of halogens is 1. The summed E-state index contributed by atoms with van der Waals surface area (Å²) in [5.41, 5.74) is 7.09. The molecule has 1 aliphatic rings. The Morgan fingerprint density at radius 3 is 2.89 bits per heavy atom. The highest BCUT2D eigenvalue weighted by Gasteiger charge is 2.31. The summed E-state index contributed by atoms with van der Waals surface area (Å²) in [6.07, 6.45) is 3.21. The van der Waals surface area contributed by atoms with E-state index in [1.165, 1.54) is 13.2 Å². The zero-order valence-electron chi connectivity index (χ0n) is 20.3. The molecular formula is C24H33ClN6O4. The third kappa shape index (κ3) is 6.96. The maximum absolute atomic E-state index is 12.9. The number of nitrogens with one attached hydrogen (secondary N) is 1. The summed E-state index contributed by atoms with van der Waals surface area (Å²) < 4.78 is 11.0. The minimum Gasteiger partial charge on any atom is -0.496 e. The average molecular weight is 505 g/mol. The van der Waals surface area contributed by atoms with Gasteiger partial charge in [-0.05, 0) is 37.6 Å². The number of benzene rings is 1. The lowest BCUT2D eigenvalue weighted by Gasteiger charge is -2.38. The molecule has 0 saturated carbocycles. The van der Waals surface area contributed by atoms with Gasteiger partial charge in [-0.3, -0.25) is 4.79 Å². The molecule has 2 atom stereocenters. The molecule has 190 valence electrons. The van der Waals surface area contributed by atoms with Crippen molar-refractivity contribution in [3.63, 3.8) is 0 Å². The largest absolute Gasteiger partial charge is 0.496 e. The van der Waals surface area contributed by atoms with Gasteiger partial charge in [-0.15, -0.1) is 0 Å². The number of anilines is 2. The first-order chi connectivity index (χ1) is 16.4. The molecule has 11 heteroatoms. The number of amides is 1. The molecule has 35 heavy (non-hydrogen) atoms. The third-order valence-corrected chi connectivity index (χ3v) is 6.39. The summed E-state index contributed by atoms with van der Waals surface area (Å²) in [5, 5.41) is 12.7. The number of piperidine rings is 1. The van der Waals surface area contributed by atoms with Crippen molar-refractivity contribution >= 4 is 29.0 Å². The smallest absolute Gasteiger partial charge is 0.255 e. The lowest BCUT2D eigenvalue weighted by atomic mass is 10.0. The minimum absolute atomic E-state index is 0. The van der Waals surface area contributed by atoms with Crippen LogP contribution in [0.1, 0.15) is 28.8 Å². The number of methoxy groups -OCH3 is 2. The van der Waals surface area contributed by atoms with Gasteiger partial charge in [0.25, 0.3) is 5.91 Å². The van der Waals surface area contributed by atoms with Gasteiger partial charge in [0.2, 0.25) is 0 Å². The molecule has 1 fully saturated rings. The summed E-state index contributed by atoms with van der Waals surface area (Å²) >= 11 is 6.12. The van der Waals surface area contributed by atoms with Gasteiger partial charge in [-0.25, -0.2) is 4.98 Å². The normalized spacial score (nSPS) is 17.7. The van der Waals surface area contributed by atoms with Crippen LogP contribution in [0.4, 0.5) is 11.5 Å². The van der Waals surface area contributed by atoms with Crippen molar-refractivity contribution in [1.82, 2.24) is 15.2 Å². The molecule has 1 aliphatic heterocycles. The second-order valence-electron chi connectivity index (χ2n) is 8.28. The monoisotopic (exact) mass is 504 g/mol. The van der Waals surface area contributed by atoms with Crippen LogP contribution >= 0.6 is 11.6 Å². The number of ether oxygens (including phenoxy) is 2. The number of carbonyl (C=O) groups excluding carboxylic acids is 1. The Morgan fingerprint density at radius 2 is 2.20 bits per heavy atom. The number of aromatic nitrogens is 1. The van der Waals surface area contributed by atoms with Crippen LogP contribution < -0.4 is 20.7 Å². The predicted molar refractivity (Wildman–Crippen MR) is 136 cm³/mol. The highest BCUT2D eigenvalue weighted by Crippen LogP contribution is 2.29. The van der Waals surface area contributed by atoms with Gasteiger partial charge in [0, 0.05) is 46.1 Å². The van der Waals surface area contributed by atoms with Crippen molar-refractivity contribution in [2.45, 2.75) is 25.0 Å². The van der Waals surface area contributed by atoms with Gasteiger partial charge in [0.15, 0.2) is 0 Å². The molecular weight excluding hydrogens is 472 g/mol. The fourth-order valence-corrected chi connectivity index (χ4v) is 4.34. The van der Waals surface area contributed by atoms with E-state index < -0.39 is 0 Å². The van der Waals surface area contributed by atoms with E-state index in [4.69, 9.17) is 26.8 Å². The van der Waals surface area contributed by atoms with Gasteiger partial charge >= 0.3 is 0 Å². The molecule has 1 saturated heterocycles.